The largest absolute Gasteiger partial charge is 0.491 e. The average Bonchev–Trinajstić information content (AvgIpc) is 3.12. The van der Waals surface area contributed by atoms with Crippen LogP contribution in [0.25, 0.3) is 22.6 Å². The molecule has 4 aromatic rings. The lowest BCUT2D eigenvalue weighted by molar-refractivity contribution is 0.0601. The molecule has 2 aromatic carbocycles. The molecule has 2 aromatic heterocycles. The Hall–Kier alpha value is -3.94. The zero-order valence-corrected chi connectivity index (χ0v) is 16.7. The van der Waals surface area contributed by atoms with Crippen LogP contribution in [-0.2, 0) is 4.74 Å². The third-order valence-electron chi connectivity index (χ3n) is 5.09. The maximum atomic E-state index is 14.0. The van der Waals surface area contributed by atoms with Crippen molar-refractivity contribution >= 4 is 28.6 Å². The van der Waals surface area contributed by atoms with Crippen molar-refractivity contribution in [3.63, 3.8) is 0 Å². The van der Waals surface area contributed by atoms with Crippen molar-refractivity contribution in [2.75, 3.05) is 25.2 Å². The number of nitrogens with zero attached hydrogens (tertiary/aromatic N) is 3. The summed E-state index contributed by atoms with van der Waals surface area (Å²) in [7, 11) is 1.31. The SMILES string of the molecule is COC(=O)c1cc(N2CCCOc3ccc(F)cc32)ncc1-c1nc2ccccc2o1. The second kappa shape index (κ2) is 7.71. The average molecular weight is 419 g/mol. The second-order valence-corrected chi connectivity index (χ2v) is 7.03. The summed E-state index contributed by atoms with van der Waals surface area (Å²) in [5.74, 6) is 0.365. The first-order chi connectivity index (χ1) is 15.1. The number of pyridine rings is 1. The van der Waals surface area contributed by atoms with Crippen LogP contribution in [0.2, 0.25) is 0 Å². The molecule has 0 fully saturated rings. The number of oxazole rings is 1. The van der Waals surface area contributed by atoms with E-state index in [0.717, 1.165) is 0 Å². The Bertz CT molecular complexity index is 1250. The molecule has 0 bridgehead atoms. The molecule has 3 heterocycles. The third-order valence-corrected chi connectivity index (χ3v) is 5.09. The van der Waals surface area contributed by atoms with Crippen LogP contribution in [0.4, 0.5) is 15.9 Å². The molecule has 8 heteroatoms. The number of fused-ring (bicyclic) bond motifs is 2. The molecule has 1 aliphatic heterocycles. The maximum Gasteiger partial charge on any atom is 0.338 e. The van der Waals surface area contributed by atoms with E-state index in [9.17, 15) is 9.18 Å². The van der Waals surface area contributed by atoms with Gasteiger partial charge in [0.2, 0.25) is 5.89 Å². The molecule has 0 N–H and O–H groups in total. The number of rotatable bonds is 3. The van der Waals surface area contributed by atoms with Gasteiger partial charge in [0.05, 0.1) is 30.5 Å². The Labute approximate surface area is 177 Å². The standard InChI is InChI=1S/C23H18FN3O4/c1-29-23(28)15-12-21(27-9-4-10-30-20-8-7-14(24)11-18(20)27)25-13-16(15)22-26-17-5-2-3-6-19(17)31-22/h2-3,5-8,11-13H,4,9-10H2,1H3. The number of ether oxygens (including phenoxy) is 2. The van der Waals surface area contributed by atoms with E-state index in [4.69, 9.17) is 13.9 Å². The Balaban J connectivity index is 1.63. The molecule has 0 saturated carbocycles. The molecule has 0 saturated heterocycles. The van der Waals surface area contributed by atoms with Crippen molar-refractivity contribution in [3.05, 3.63) is 66.1 Å². The Morgan fingerprint density at radius 3 is 2.90 bits per heavy atom. The van der Waals surface area contributed by atoms with Gasteiger partial charge in [-0.15, -0.1) is 0 Å². The van der Waals surface area contributed by atoms with Crippen LogP contribution in [0.1, 0.15) is 16.8 Å². The molecule has 0 atom stereocenters. The number of esters is 1. The number of carbonyl (C=O) groups is 1. The van der Waals surface area contributed by atoms with Crippen molar-refractivity contribution in [3.8, 4) is 17.2 Å². The molecule has 0 amide bonds. The highest BCUT2D eigenvalue weighted by Crippen LogP contribution is 2.37. The van der Waals surface area contributed by atoms with Crippen molar-refractivity contribution < 1.29 is 23.1 Å². The second-order valence-electron chi connectivity index (χ2n) is 7.03. The van der Waals surface area contributed by atoms with Gasteiger partial charge in [-0.3, -0.25) is 0 Å². The van der Waals surface area contributed by atoms with Crippen molar-refractivity contribution in [2.24, 2.45) is 0 Å². The first-order valence-corrected chi connectivity index (χ1v) is 9.78. The molecule has 0 radical (unpaired) electrons. The predicted octanol–water partition coefficient (Wildman–Crippen LogP) is 4.74. The normalized spacial score (nSPS) is 13.4. The van der Waals surface area contributed by atoms with Gasteiger partial charge in [-0.05, 0) is 36.8 Å². The monoisotopic (exact) mass is 419 g/mol. The number of hydrogen-bond donors (Lipinski definition) is 0. The molecule has 1 aliphatic rings. The lowest BCUT2D eigenvalue weighted by Crippen LogP contribution is -2.20. The summed E-state index contributed by atoms with van der Waals surface area (Å²) in [6.45, 7) is 1.05. The van der Waals surface area contributed by atoms with E-state index in [-0.39, 0.29) is 17.3 Å². The quantitative estimate of drug-likeness (QED) is 0.444. The van der Waals surface area contributed by atoms with E-state index in [1.165, 1.54) is 25.4 Å². The number of methoxy groups -OCH3 is 1. The fourth-order valence-corrected chi connectivity index (χ4v) is 3.62. The van der Waals surface area contributed by atoms with E-state index in [1.54, 1.807) is 18.2 Å². The zero-order chi connectivity index (χ0) is 21.4. The number of para-hydroxylation sites is 2. The van der Waals surface area contributed by atoms with Gasteiger partial charge in [-0.1, -0.05) is 12.1 Å². The van der Waals surface area contributed by atoms with Gasteiger partial charge in [0.1, 0.15) is 22.9 Å². The minimum absolute atomic E-state index is 0.252. The summed E-state index contributed by atoms with van der Waals surface area (Å²) >= 11 is 0. The maximum absolute atomic E-state index is 14.0. The van der Waals surface area contributed by atoms with E-state index < -0.39 is 5.97 Å². The molecule has 0 aliphatic carbocycles. The zero-order valence-electron chi connectivity index (χ0n) is 16.7. The molecular formula is C23H18FN3O4. The van der Waals surface area contributed by atoms with Gasteiger partial charge in [0.25, 0.3) is 0 Å². The summed E-state index contributed by atoms with van der Waals surface area (Å²) < 4.78 is 30.5. The predicted molar refractivity (Wildman–Crippen MR) is 112 cm³/mol. The van der Waals surface area contributed by atoms with Crippen LogP contribution < -0.4 is 9.64 Å². The van der Waals surface area contributed by atoms with E-state index >= 15 is 0 Å². The van der Waals surface area contributed by atoms with Gasteiger partial charge < -0.3 is 18.8 Å². The highest BCUT2D eigenvalue weighted by atomic mass is 19.1. The fraction of sp³-hybridized carbons (Fsp3) is 0.174. The van der Waals surface area contributed by atoms with Crippen LogP contribution in [0.5, 0.6) is 5.75 Å². The van der Waals surface area contributed by atoms with Crippen LogP contribution >= 0.6 is 0 Å². The minimum Gasteiger partial charge on any atom is -0.491 e. The Morgan fingerprint density at radius 2 is 2.06 bits per heavy atom. The summed E-state index contributed by atoms with van der Waals surface area (Å²) in [6, 6.07) is 13.3. The molecule has 0 unspecified atom stereocenters. The Morgan fingerprint density at radius 1 is 1.19 bits per heavy atom. The van der Waals surface area contributed by atoms with Gasteiger partial charge in [0, 0.05) is 18.8 Å². The summed E-state index contributed by atoms with van der Waals surface area (Å²) in [5.41, 5.74) is 2.49. The Kier molecular flexibility index (Phi) is 4.74. The molecule has 7 nitrogen and oxygen atoms in total. The topological polar surface area (TPSA) is 77.7 Å². The van der Waals surface area contributed by atoms with Gasteiger partial charge in [-0.25, -0.2) is 19.2 Å². The van der Waals surface area contributed by atoms with Gasteiger partial charge in [0.15, 0.2) is 5.58 Å². The third kappa shape index (κ3) is 3.46. The first kappa shape index (κ1) is 19.0. The summed E-state index contributed by atoms with van der Waals surface area (Å²) in [5, 5.41) is 0. The van der Waals surface area contributed by atoms with Crippen molar-refractivity contribution in [2.45, 2.75) is 6.42 Å². The smallest absolute Gasteiger partial charge is 0.338 e. The number of anilines is 2. The van der Waals surface area contributed by atoms with Crippen LogP contribution in [0.15, 0.2) is 59.1 Å². The van der Waals surface area contributed by atoms with Gasteiger partial charge in [-0.2, -0.15) is 0 Å². The highest BCUT2D eigenvalue weighted by Gasteiger charge is 2.24. The van der Waals surface area contributed by atoms with Crippen molar-refractivity contribution in [1.29, 1.82) is 0 Å². The number of halogens is 1. The summed E-state index contributed by atoms with van der Waals surface area (Å²) in [4.78, 5) is 23.4. The first-order valence-electron chi connectivity index (χ1n) is 9.78. The minimum atomic E-state index is -0.550. The van der Waals surface area contributed by atoms with E-state index in [1.807, 2.05) is 23.1 Å². The van der Waals surface area contributed by atoms with Crippen LogP contribution in [0.3, 0.4) is 0 Å². The molecular weight excluding hydrogens is 401 g/mol. The highest BCUT2D eigenvalue weighted by molar-refractivity contribution is 5.97. The van der Waals surface area contributed by atoms with Crippen molar-refractivity contribution in [1.82, 2.24) is 9.97 Å². The van der Waals surface area contributed by atoms with E-state index in [0.29, 0.717) is 53.5 Å². The summed E-state index contributed by atoms with van der Waals surface area (Å²) in [6.07, 6.45) is 2.23. The molecule has 31 heavy (non-hydrogen) atoms. The van der Waals surface area contributed by atoms with Crippen LogP contribution in [-0.4, -0.2) is 36.2 Å². The number of carbonyl (C=O) groups excluding carboxylic acids is 1. The molecule has 156 valence electrons. The lowest BCUT2D eigenvalue weighted by atomic mass is 10.1. The fourth-order valence-electron chi connectivity index (χ4n) is 3.62. The van der Waals surface area contributed by atoms with Gasteiger partial charge >= 0.3 is 5.97 Å². The molecule has 0 spiro atoms. The lowest BCUT2D eigenvalue weighted by Gasteiger charge is -2.23. The van der Waals surface area contributed by atoms with Crippen LogP contribution in [0, 0.1) is 5.82 Å². The van der Waals surface area contributed by atoms with E-state index in [2.05, 4.69) is 9.97 Å². The number of aromatic nitrogens is 2. The number of benzene rings is 2. The molecule has 5 rings (SSSR count). The number of hydrogen-bond acceptors (Lipinski definition) is 7.